The van der Waals surface area contributed by atoms with Crippen molar-refractivity contribution in [3.63, 3.8) is 0 Å². The Hall–Kier alpha value is -0.480. The first-order chi connectivity index (χ1) is 4.69. The Labute approximate surface area is 59.9 Å². The number of hydrogen-bond donors (Lipinski definition) is 1. The molecule has 0 aromatic heterocycles. The summed E-state index contributed by atoms with van der Waals surface area (Å²) in [6.07, 6.45) is 0. The van der Waals surface area contributed by atoms with Crippen LogP contribution in [0.15, 0.2) is 5.18 Å². The van der Waals surface area contributed by atoms with Gasteiger partial charge in [0.25, 0.3) is 0 Å². The van der Waals surface area contributed by atoms with Crippen LogP contribution in [0.4, 0.5) is 0 Å². The van der Waals surface area contributed by atoms with Gasteiger partial charge in [0.15, 0.2) is 0 Å². The summed E-state index contributed by atoms with van der Waals surface area (Å²) in [6.45, 7) is 4.94. The summed E-state index contributed by atoms with van der Waals surface area (Å²) in [5, 5.41) is 6.03. The SMILES string of the molecule is CC1NCCOC1(C)N=O. The van der Waals surface area contributed by atoms with Gasteiger partial charge in [0.1, 0.15) is 0 Å². The summed E-state index contributed by atoms with van der Waals surface area (Å²) >= 11 is 0. The summed E-state index contributed by atoms with van der Waals surface area (Å²) in [5.41, 5.74) is -0.863. The van der Waals surface area contributed by atoms with Crippen LogP contribution >= 0.6 is 0 Å². The molecule has 4 nitrogen and oxygen atoms in total. The molecule has 1 heterocycles. The number of nitrogens with zero attached hydrogens (tertiary/aromatic N) is 1. The smallest absolute Gasteiger partial charge is 0.212 e. The maximum atomic E-state index is 10.3. The van der Waals surface area contributed by atoms with Crippen molar-refractivity contribution in [3.05, 3.63) is 4.91 Å². The van der Waals surface area contributed by atoms with E-state index in [9.17, 15) is 4.91 Å². The summed E-state index contributed by atoms with van der Waals surface area (Å²) < 4.78 is 5.19. The first-order valence-corrected chi connectivity index (χ1v) is 3.41. The lowest BCUT2D eigenvalue weighted by Gasteiger charge is -2.33. The van der Waals surface area contributed by atoms with Crippen molar-refractivity contribution >= 4 is 0 Å². The summed E-state index contributed by atoms with van der Waals surface area (Å²) in [6, 6.07) is 0.0127. The Kier molecular flexibility index (Phi) is 2.01. The Morgan fingerprint density at radius 2 is 2.50 bits per heavy atom. The van der Waals surface area contributed by atoms with E-state index in [1.165, 1.54) is 0 Å². The van der Waals surface area contributed by atoms with Gasteiger partial charge < -0.3 is 10.1 Å². The molecule has 10 heavy (non-hydrogen) atoms. The molecule has 58 valence electrons. The Morgan fingerprint density at radius 1 is 1.80 bits per heavy atom. The van der Waals surface area contributed by atoms with E-state index < -0.39 is 5.72 Å². The fourth-order valence-electron chi connectivity index (χ4n) is 0.953. The molecule has 0 aromatic rings. The zero-order valence-electron chi connectivity index (χ0n) is 6.26. The van der Waals surface area contributed by atoms with Crippen molar-refractivity contribution in [2.45, 2.75) is 25.6 Å². The lowest BCUT2D eigenvalue weighted by Crippen LogP contribution is -2.53. The first kappa shape index (κ1) is 7.63. The van der Waals surface area contributed by atoms with Gasteiger partial charge in [0.05, 0.1) is 12.6 Å². The predicted molar refractivity (Wildman–Crippen MR) is 37.6 cm³/mol. The van der Waals surface area contributed by atoms with Gasteiger partial charge in [-0.2, -0.15) is 0 Å². The first-order valence-electron chi connectivity index (χ1n) is 3.41. The molecule has 1 N–H and O–H groups in total. The molecule has 1 rings (SSSR count). The number of rotatable bonds is 1. The minimum atomic E-state index is -0.863. The van der Waals surface area contributed by atoms with E-state index in [4.69, 9.17) is 4.74 Å². The number of morpholine rings is 1. The Morgan fingerprint density at radius 3 is 2.90 bits per heavy atom. The van der Waals surface area contributed by atoms with E-state index in [1.54, 1.807) is 6.92 Å². The van der Waals surface area contributed by atoms with Gasteiger partial charge in [0, 0.05) is 6.54 Å². The molecular formula is C6H12N2O2. The van der Waals surface area contributed by atoms with Crippen molar-refractivity contribution in [1.82, 2.24) is 5.32 Å². The van der Waals surface area contributed by atoms with E-state index in [-0.39, 0.29) is 6.04 Å². The molecule has 0 bridgehead atoms. The van der Waals surface area contributed by atoms with Gasteiger partial charge in [-0.05, 0) is 19.0 Å². The molecule has 0 aromatic carbocycles. The highest BCUT2D eigenvalue weighted by Crippen LogP contribution is 2.19. The van der Waals surface area contributed by atoms with Crippen LogP contribution in [0.25, 0.3) is 0 Å². The summed E-state index contributed by atoms with van der Waals surface area (Å²) in [7, 11) is 0. The monoisotopic (exact) mass is 144 g/mol. The third kappa shape index (κ3) is 1.17. The molecule has 0 spiro atoms. The fraction of sp³-hybridized carbons (Fsp3) is 1.00. The van der Waals surface area contributed by atoms with Crippen LogP contribution in [0.5, 0.6) is 0 Å². The van der Waals surface area contributed by atoms with E-state index in [1.807, 2.05) is 6.92 Å². The van der Waals surface area contributed by atoms with Gasteiger partial charge in [0.2, 0.25) is 5.72 Å². The van der Waals surface area contributed by atoms with Gasteiger partial charge in [-0.3, -0.25) is 0 Å². The summed E-state index contributed by atoms with van der Waals surface area (Å²) in [5.74, 6) is 0. The molecule has 1 saturated heterocycles. The Balaban J connectivity index is 2.62. The van der Waals surface area contributed by atoms with E-state index in [0.29, 0.717) is 6.61 Å². The fourth-order valence-corrected chi connectivity index (χ4v) is 0.953. The van der Waals surface area contributed by atoms with Crippen molar-refractivity contribution < 1.29 is 4.74 Å². The van der Waals surface area contributed by atoms with Crippen LogP contribution < -0.4 is 5.32 Å². The molecular weight excluding hydrogens is 132 g/mol. The normalized spacial score (nSPS) is 41.2. The van der Waals surface area contributed by atoms with E-state index in [2.05, 4.69) is 10.5 Å². The van der Waals surface area contributed by atoms with Crippen LogP contribution in [0.1, 0.15) is 13.8 Å². The van der Waals surface area contributed by atoms with Crippen molar-refractivity contribution in [1.29, 1.82) is 0 Å². The second-order valence-corrected chi connectivity index (χ2v) is 2.67. The highest BCUT2D eigenvalue weighted by molar-refractivity contribution is 4.86. The molecule has 4 heteroatoms. The highest BCUT2D eigenvalue weighted by Gasteiger charge is 2.36. The van der Waals surface area contributed by atoms with E-state index in [0.717, 1.165) is 6.54 Å². The van der Waals surface area contributed by atoms with Crippen LogP contribution in [-0.2, 0) is 4.74 Å². The maximum absolute atomic E-state index is 10.3. The van der Waals surface area contributed by atoms with Crippen molar-refractivity contribution in [3.8, 4) is 0 Å². The molecule has 0 saturated carbocycles. The van der Waals surface area contributed by atoms with Crippen molar-refractivity contribution in [2.75, 3.05) is 13.2 Å². The minimum Gasteiger partial charge on any atom is -0.348 e. The van der Waals surface area contributed by atoms with Gasteiger partial charge in [-0.15, -0.1) is 4.91 Å². The number of nitroso groups, excluding NO2 is 1. The zero-order valence-corrected chi connectivity index (χ0v) is 6.26. The standard InChI is InChI=1S/C6H12N2O2/c1-5-6(2,8-9)10-4-3-7-5/h5,7H,3-4H2,1-2H3. The Bertz CT molecular complexity index is 140. The van der Waals surface area contributed by atoms with Gasteiger partial charge in [-0.25, -0.2) is 0 Å². The average Bonchev–Trinajstić information content (AvgIpc) is 1.96. The molecule has 1 aliphatic heterocycles. The largest absolute Gasteiger partial charge is 0.348 e. The lowest BCUT2D eigenvalue weighted by molar-refractivity contribution is -0.0741. The molecule has 0 aliphatic carbocycles. The van der Waals surface area contributed by atoms with Crippen LogP contribution in [0, 0.1) is 4.91 Å². The molecule has 2 unspecified atom stereocenters. The predicted octanol–water partition coefficient (Wildman–Crippen LogP) is 0.477. The maximum Gasteiger partial charge on any atom is 0.212 e. The number of hydrogen-bond acceptors (Lipinski definition) is 4. The number of ether oxygens (including phenoxy) is 1. The second kappa shape index (κ2) is 2.64. The molecule has 1 aliphatic rings. The van der Waals surface area contributed by atoms with E-state index >= 15 is 0 Å². The average molecular weight is 144 g/mol. The van der Waals surface area contributed by atoms with Crippen LogP contribution in [0.2, 0.25) is 0 Å². The minimum absolute atomic E-state index is 0.0127. The third-order valence-electron chi connectivity index (χ3n) is 1.93. The van der Waals surface area contributed by atoms with Crippen LogP contribution in [-0.4, -0.2) is 24.9 Å². The van der Waals surface area contributed by atoms with Crippen LogP contribution in [0.3, 0.4) is 0 Å². The quantitative estimate of drug-likeness (QED) is 0.544. The highest BCUT2D eigenvalue weighted by atomic mass is 16.5. The lowest BCUT2D eigenvalue weighted by atomic mass is 10.1. The second-order valence-electron chi connectivity index (χ2n) is 2.67. The third-order valence-corrected chi connectivity index (χ3v) is 1.93. The molecule has 1 fully saturated rings. The summed E-state index contributed by atoms with van der Waals surface area (Å²) in [4.78, 5) is 10.3. The molecule has 0 radical (unpaired) electrons. The molecule has 2 atom stereocenters. The topological polar surface area (TPSA) is 50.7 Å². The van der Waals surface area contributed by atoms with Crippen molar-refractivity contribution in [2.24, 2.45) is 5.18 Å². The number of nitrogens with one attached hydrogen (secondary N) is 1. The van der Waals surface area contributed by atoms with Gasteiger partial charge in [-0.1, -0.05) is 0 Å². The van der Waals surface area contributed by atoms with Gasteiger partial charge >= 0.3 is 0 Å². The molecule has 0 amide bonds. The zero-order chi connectivity index (χ0) is 7.61.